The smallest absolute Gasteiger partial charge is 0.264 e. The summed E-state index contributed by atoms with van der Waals surface area (Å²) >= 11 is 1.06. The highest BCUT2D eigenvalue weighted by Gasteiger charge is 2.33. The molecule has 0 spiro atoms. The number of amides is 2. The zero-order valence-corrected chi connectivity index (χ0v) is 18.6. The minimum Gasteiger partial charge on any atom is -0.365 e. The number of carbonyl (C=O) groups is 2. The molecule has 29 heavy (non-hydrogen) atoms. The number of piperazine rings is 1. The fourth-order valence-corrected chi connectivity index (χ4v) is 6.39. The van der Waals surface area contributed by atoms with E-state index >= 15 is 0 Å². The molecule has 9 heteroatoms. The summed E-state index contributed by atoms with van der Waals surface area (Å²) in [7, 11) is -3.65. The Balaban J connectivity index is 1.78. The maximum atomic E-state index is 13.3. The SMILES string of the molecule is Cc1cc(C)c(C)c(S(=O)(=O)N2CCN(C(=O)c3ccc(C(N)=O)s3)CC2)c1C. The van der Waals surface area contributed by atoms with Gasteiger partial charge in [-0.3, -0.25) is 9.59 Å². The first-order valence-corrected chi connectivity index (χ1v) is 11.6. The summed E-state index contributed by atoms with van der Waals surface area (Å²) in [5, 5.41) is 0. The maximum absolute atomic E-state index is 13.3. The van der Waals surface area contributed by atoms with Crippen LogP contribution in [0.3, 0.4) is 0 Å². The van der Waals surface area contributed by atoms with Crippen LogP contribution in [0, 0.1) is 27.7 Å². The second-order valence-corrected chi connectivity index (χ2v) is 10.3. The Hall–Kier alpha value is -2.23. The molecule has 0 unspecified atom stereocenters. The molecule has 2 N–H and O–H groups in total. The minimum atomic E-state index is -3.65. The number of thiophene rings is 1. The third-order valence-electron chi connectivity index (χ3n) is 5.48. The number of nitrogens with zero attached hydrogens (tertiary/aromatic N) is 2. The predicted octanol–water partition coefficient (Wildman–Crippen LogP) is 2.23. The van der Waals surface area contributed by atoms with Crippen LogP contribution in [0.5, 0.6) is 0 Å². The summed E-state index contributed by atoms with van der Waals surface area (Å²) in [6, 6.07) is 5.12. The number of rotatable bonds is 4. The van der Waals surface area contributed by atoms with Gasteiger partial charge in [0.1, 0.15) is 0 Å². The fraction of sp³-hybridized carbons (Fsp3) is 0.400. The van der Waals surface area contributed by atoms with E-state index in [2.05, 4.69) is 0 Å². The summed E-state index contributed by atoms with van der Waals surface area (Å²) in [6.07, 6.45) is 0. The summed E-state index contributed by atoms with van der Waals surface area (Å²) in [6.45, 7) is 8.55. The van der Waals surface area contributed by atoms with Crippen LogP contribution in [0.4, 0.5) is 0 Å². The second-order valence-electron chi connectivity index (χ2n) is 7.31. The normalized spacial score (nSPS) is 15.5. The molecule has 2 heterocycles. The molecule has 2 aromatic rings. The maximum Gasteiger partial charge on any atom is 0.264 e. The lowest BCUT2D eigenvalue weighted by Gasteiger charge is -2.34. The standard InChI is InChI=1S/C20H25N3O4S2/c1-12-11-13(2)15(4)18(14(12)3)29(26,27)23-9-7-22(8-10-23)20(25)17-6-5-16(28-17)19(21)24/h5-6,11H,7-10H2,1-4H3,(H2,21,24). The van der Waals surface area contributed by atoms with Gasteiger partial charge < -0.3 is 10.6 Å². The van der Waals surface area contributed by atoms with Gasteiger partial charge in [0.25, 0.3) is 11.8 Å². The third kappa shape index (κ3) is 3.94. The van der Waals surface area contributed by atoms with Crippen LogP contribution in [0.1, 0.15) is 41.6 Å². The molecule has 1 aliphatic heterocycles. The van der Waals surface area contributed by atoms with Gasteiger partial charge in [0, 0.05) is 26.2 Å². The van der Waals surface area contributed by atoms with E-state index in [0.717, 1.165) is 33.6 Å². The van der Waals surface area contributed by atoms with Gasteiger partial charge in [-0.2, -0.15) is 4.31 Å². The number of sulfonamides is 1. The lowest BCUT2D eigenvalue weighted by Crippen LogP contribution is -2.50. The molecule has 156 valence electrons. The first kappa shape index (κ1) is 21.5. The van der Waals surface area contributed by atoms with Crippen LogP contribution < -0.4 is 5.73 Å². The average Bonchev–Trinajstić information content (AvgIpc) is 3.16. The van der Waals surface area contributed by atoms with Crippen molar-refractivity contribution in [1.82, 2.24) is 9.21 Å². The van der Waals surface area contributed by atoms with E-state index in [1.165, 1.54) is 10.4 Å². The number of nitrogens with two attached hydrogens (primary N) is 1. The molecule has 1 fully saturated rings. The first-order valence-electron chi connectivity index (χ1n) is 9.30. The molecule has 1 aromatic heterocycles. The van der Waals surface area contributed by atoms with Crippen molar-refractivity contribution in [2.75, 3.05) is 26.2 Å². The highest BCUT2D eigenvalue weighted by molar-refractivity contribution is 7.89. The van der Waals surface area contributed by atoms with Gasteiger partial charge in [0.15, 0.2) is 0 Å². The Morgan fingerprint density at radius 2 is 1.45 bits per heavy atom. The number of hydrogen-bond acceptors (Lipinski definition) is 5. The molecule has 1 aliphatic rings. The Labute approximate surface area is 175 Å². The highest BCUT2D eigenvalue weighted by Crippen LogP contribution is 2.29. The van der Waals surface area contributed by atoms with Gasteiger partial charge in [-0.15, -0.1) is 11.3 Å². The molecule has 0 atom stereocenters. The molecular weight excluding hydrogens is 410 g/mol. The molecule has 0 bridgehead atoms. The molecule has 0 aliphatic carbocycles. The van der Waals surface area contributed by atoms with Crippen molar-refractivity contribution in [2.45, 2.75) is 32.6 Å². The van der Waals surface area contributed by atoms with Crippen molar-refractivity contribution in [1.29, 1.82) is 0 Å². The average molecular weight is 436 g/mol. The van der Waals surface area contributed by atoms with Gasteiger partial charge in [0.05, 0.1) is 14.6 Å². The van der Waals surface area contributed by atoms with Crippen LogP contribution in [-0.2, 0) is 10.0 Å². The van der Waals surface area contributed by atoms with E-state index in [-0.39, 0.29) is 19.0 Å². The van der Waals surface area contributed by atoms with Crippen LogP contribution >= 0.6 is 11.3 Å². The van der Waals surface area contributed by atoms with E-state index in [1.807, 2.05) is 33.8 Å². The zero-order chi connectivity index (χ0) is 21.5. The zero-order valence-electron chi connectivity index (χ0n) is 17.0. The Morgan fingerprint density at radius 1 is 0.931 bits per heavy atom. The van der Waals surface area contributed by atoms with E-state index < -0.39 is 15.9 Å². The molecule has 0 radical (unpaired) electrons. The number of benzene rings is 1. The van der Waals surface area contributed by atoms with Crippen LogP contribution in [0.2, 0.25) is 0 Å². The van der Waals surface area contributed by atoms with Crippen LogP contribution in [-0.4, -0.2) is 55.6 Å². The summed E-state index contributed by atoms with van der Waals surface area (Å²) < 4.78 is 28.1. The van der Waals surface area contributed by atoms with E-state index in [9.17, 15) is 18.0 Å². The van der Waals surface area contributed by atoms with Crippen molar-refractivity contribution in [3.8, 4) is 0 Å². The van der Waals surface area contributed by atoms with Gasteiger partial charge in [-0.25, -0.2) is 8.42 Å². The number of carbonyl (C=O) groups excluding carboxylic acids is 2. The number of aryl methyl sites for hydroxylation is 2. The molecule has 1 aromatic carbocycles. The summed E-state index contributed by atoms with van der Waals surface area (Å²) in [4.78, 5) is 26.7. The molecule has 0 saturated carbocycles. The van der Waals surface area contributed by atoms with Crippen LogP contribution in [0.15, 0.2) is 23.1 Å². The lowest BCUT2D eigenvalue weighted by atomic mass is 10.0. The monoisotopic (exact) mass is 435 g/mol. The van der Waals surface area contributed by atoms with Gasteiger partial charge in [0.2, 0.25) is 10.0 Å². The highest BCUT2D eigenvalue weighted by atomic mass is 32.2. The Bertz CT molecular complexity index is 1060. The largest absolute Gasteiger partial charge is 0.365 e. The van der Waals surface area contributed by atoms with E-state index in [1.54, 1.807) is 11.0 Å². The summed E-state index contributed by atoms with van der Waals surface area (Å²) in [5.74, 6) is -0.776. The van der Waals surface area contributed by atoms with Gasteiger partial charge in [-0.05, 0) is 62.1 Å². The Kier molecular flexibility index (Phi) is 5.84. The molecule has 3 rings (SSSR count). The summed E-state index contributed by atoms with van der Waals surface area (Å²) in [5.41, 5.74) is 8.68. The van der Waals surface area contributed by atoms with Crippen molar-refractivity contribution >= 4 is 33.2 Å². The third-order valence-corrected chi connectivity index (χ3v) is 8.74. The van der Waals surface area contributed by atoms with Crippen molar-refractivity contribution in [2.24, 2.45) is 5.73 Å². The molecule has 1 saturated heterocycles. The molecule has 7 nitrogen and oxygen atoms in total. The fourth-order valence-electron chi connectivity index (χ4n) is 3.57. The predicted molar refractivity (Wildman–Crippen MR) is 113 cm³/mol. The second kappa shape index (κ2) is 7.89. The molecule has 2 amide bonds. The van der Waals surface area contributed by atoms with Crippen LogP contribution in [0.25, 0.3) is 0 Å². The number of hydrogen-bond donors (Lipinski definition) is 1. The lowest BCUT2D eigenvalue weighted by molar-refractivity contribution is 0.0702. The Morgan fingerprint density at radius 3 is 1.93 bits per heavy atom. The van der Waals surface area contributed by atoms with Gasteiger partial charge in [-0.1, -0.05) is 6.07 Å². The van der Waals surface area contributed by atoms with Crippen molar-refractivity contribution < 1.29 is 18.0 Å². The topological polar surface area (TPSA) is 101 Å². The van der Waals surface area contributed by atoms with Gasteiger partial charge >= 0.3 is 0 Å². The quantitative estimate of drug-likeness (QED) is 0.796. The first-order chi connectivity index (χ1) is 13.5. The minimum absolute atomic E-state index is 0.210. The van der Waals surface area contributed by atoms with E-state index in [0.29, 0.717) is 27.7 Å². The number of primary amides is 1. The van der Waals surface area contributed by atoms with E-state index in [4.69, 9.17) is 5.73 Å². The van der Waals surface area contributed by atoms with Crippen molar-refractivity contribution in [3.63, 3.8) is 0 Å². The van der Waals surface area contributed by atoms with Crippen molar-refractivity contribution in [3.05, 3.63) is 50.2 Å². The molecular formula is C20H25N3O4S2.